The third-order valence-corrected chi connectivity index (χ3v) is 3.92. The molecule has 0 saturated heterocycles. The maximum absolute atomic E-state index is 12.1. The molecule has 2 N–H and O–H groups in total. The van der Waals surface area contributed by atoms with Crippen LogP contribution in [-0.4, -0.2) is 32.5 Å². The fraction of sp³-hybridized carbons (Fsp3) is 0.238. The van der Waals surface area contributed by atoms with Gasteiger partial charge >= 0.3 is 0 Å². The van der Waals surface area contributed by atoms with E-state index in [1.807, 2.05) is 80.5 Å². The standard InChI is InChI=1S/C21H25N3O2/c1-4-16(17-8-6-5-7-9-17)14-20(25)22-15-21(26)23-18-10-12-19(13-11-18)24(2)3/h5-14H,4,15H2,1-3H3,(H,22,25)(H,23,26)/b16-14+. The van der Waals surface area contributed by atoms with E-state index in [-0.39, 0.29) is 18.4 Å². The van der Waals surface area contributed by atoms with E-state index in [2.05, 4.69) is 10.6 Å². The fourth-order valence-corrected chi connectivity index (χ4v) is 2.47. The summed E-state index contributed by atoms with van der Waals surface area (Å²) in [4.78, 5) is 26.1. The Balaban J connectivity index is 1.88. The second-order valence-electron chi connectivity index (χ2n) is 6.10. The first-order valence-corrected chi connectivity index (χ1v) is 8.60. The predicted octanol–water partition coefficient (Wildman–Crippen LogP) is 3.30. The number of amides is 2. The Kier molecular flexibility index (Phi) is 6.97. The van der Waals surface area contributed by atoms with Crippen molar-refractivity contribution in [3.8, 4) is 0 Å². The first-order chi connectivity index (χ1) is 12.5. The first-order valence-electron chi connectivity index (χ1n) is 8.60. The van der Waals surface area contributed by atoms with Crippen molar-refractivity contribution in [3.63, 3.8) is 0 Å². The molecule has 5 heteroatoms. The highest BCUT2D eigenvalue weighted by Gasteiger charge is 2.07. The van der Waals surface area contributed by atoms with Crippen LogP contribution < -0.4 is 15.5 Å². The first kappa shape index (κ1) is 19.2. The van der Waals surface area contributed by atoms with Gasteiger partial charge in [-0.15, -0.1) is 0 Å². The summed E-state index contributed by atoms with van der Waals surface area (Å²) in [5.41, 5.74) is 3.69. The Bertz CT molecular complexity index is 766. The monoisotopic (exact) mass is 351 g/mol. The summed E-state index contributed by atoms with van der Waals surface area (Å²) in [6, 6.07) is 17.2. The lowest BCUT2D eigenvalue weighted by atomic mass is 10.0. The molecule has 0 aliphatic rings. The van der Waals surface area contributed by atoms with Gasteiger partial charge in [-0.3, -0.25) is 9.59 Å². The van der Waals surface area contributed by atoms with Gasteiger partial charge in [0.25, 0.3) is 0 Å². The highest BCUT2D eigenvalue weighted by atomic mass is 16.2. The average molecular weight is 351 g/mol. The molecule has 2 aromatic rings. The molecule has 0 aromatic heterocycles. The van der Waals surface area contributed by atoms with E-state index >= 15 is 0 Å². The zero-order valence-electron chi connectivity index (χ0n) is 15.5. The summed E-state index contributed by atoms with van der Waals surface area (Å²) in [5, 5.41) is 5.40. The third-order valence-electron chi connectivity index (χ3n) is 3.92. The summed E-state index contributed by atoms with van der Waals surface area (Å²) in [5.74, 6) is -0.536. The molecule has 2 amide bonds. The maximum atomic E-state index is 12.1. The molecule has 2 rings (SSSR count). The van der Waals surface area contributed by atoms with Gasteiger partial charge in [0.15, 0.2) is 0 Å². The van der Waals surface area contributed by atoms with E-state index in [9.17, 15) is 9.59 Å². The van der Waals surface area contributed by atoms with Gasteiger partial charge in [-0.1, -0.05) is 37.3 Å². The zero-order valence-corrected chi connectivity index (χ0v) is 15.5. The summed E-state index contributed by atoms with van der Waals surface area (Å²) >= 11 is 0. The number of nitrogens with one attached hydrogen (secondary N) is 2. The second kappa shape index (κ2) is 9.42. The van der Waals surface area contributed by atoms with Gasteiger partial charge in [0.1, 0.15) is 0 Å². The smallest absolute Gasteiger partial charge is 0.244 e. The highest BCUT2D eigenvalue weighted by molar-refractivity contribution is 5.99. The van der Waals surface area contributed by atoms with Crippen LogP contribution in [0.1, 0.15) is 18.9 Å². The number of hydrogen-bond acceptors (Lipinski definition) is 3. The minimum atomic E-state index is -0.274. The molecule has 0 bridgehead atoms. The molecule has 0 aliphatic heterocycles. The van der Waals surface area contributed by atoms with Crippen molar-refractivity contribution in [2.24, 2.45) is 0 Å². The predicted molar refractivity (Wildman–Crippen MR) is 107 cm³/mol. The van der Waals surface area contributed by atoms with Crippen molar-refractivity contribution >= 4 is 28.8 Å². The quantitative estimate of drug-likeness (QED) is 0.753. The van der Waals surface area contributed by atoms with Gasteiger partial charge in [0.05, 0.1) is 6.54 Å². The van der Waals surface area contributed by atoms with E-state index in [4.69, 9.17) is 0 Å². The summed E-state index contributed by atoms with van der Waals surface area (Å²) < 4.78 is 0. The number of allylic oxidation sites excluding steroid dienone is 1. The van der Waals surface area contributed by atoms with Gasteiger partial charge in [-0.05, 0) is 41.8 Å². The molecule has 0 aliphatic carbocycles. The topological polar surface area (TPSA) is 61.4 Å². The number of rotatable bonds is 7. The third kappa shape index (κ3) is 5.77. The van der Waals surface area contributed by atoms with Crippen molar-refractivity contribution in [3.05, 3.63) is 66.2 Å². The number of anilines is 2. The zero-order chi connectivity index (χ0) is 18.9. The average Bonchev–Trinajstić information content (AvgIpc) is 2.65. The van der Waals surface area contributed by atoms with Crippen LogP contribution in [-0.2, 0) is 9.59 Å². The molecular weight excluding hydrogens is 326 g/mol. The summed E-state index contributed by atoms with van der Waals surface area (Å²) in [6.07, 6.45) is 2.29. The molecule has 0 spiro atoms. The van der Waals surface area contributed by atoms with E-state index < -0.39 is 0 Å². The molecule has 5 nitrogen and oxygen atoms in total. The van der Waals surface area contributed by atoms with Crippen LogP contribution in [0.15, 0.2) is 60.7 Å². The molecular formula is C21H25N3O2. The molecule has 0 unspecified atom stereocenters. The number of carbonyl (C=O) groups is 2. The Labute approximate surface area is 154 Å². The van der Waals surface area contributed by atoms with Crippen molar-refractivity contribution in [2.75, 3.05) is 30.9 Å². The molecule has 0 heterocycles. The highest BCUT2D eigenvalue weighted by Crippen LogP contribution is 2.17. The molecule has 26 heavy (non-hydrogen) atoms. The SMILES string of the molecule is CC/C(=C\C(=O)NCC(=O)Nc1ccc(N(C)C)cc1)c1ccccc1. The lowest BCUT2D eigenvalue weighted by Crippen LogP contribution is -2.31. The van der Waals surface area contributed by atoms with E-state index in [1.165, 1.54) is 0 Å². The van der Waals surface area contributed by atoms with E-state index in [1.54, 1.807) is 6.08 Å². The van der Waals surface area contributed by atoms with Crippen LogP contribution in [0.4, 0.5) is 11.4 Å². The minimum Gasteiger partial charge on any atom is -0.378 e. The largest absolute Gasteiger partial charge is 0.378 e. The number of carbonyl (C=O) groups excluding carboxylic acids is 2. The van der Waals surface area contributed by atoms with Crippen LogP contribution in [0, 0.1) is 0 Å². The molecule has 2 aromatic carbocycles. The van der Waals surface area contributed by atoms with E-state index in [0.717, 1.165) is 23.2 Å². The van der Waals surface area contributed by atoms with Crippen LogP contribution >= 0.6 is 0 Å². The normalized spacial score (nSPS) is 11.0. The Morgan fingerprint density at radius 2 is 1.65 bits per heavy atom. The number of benzene rings is 2. The lowest BCUT2D eigenvalue weighted by molar-refractivity contribution is -0.121. The second-order valence-corrected chi connectivity index (χ2v) is 6.10. The molecule has 0 atom stereocenters. The maximum Gasteiger partial charge on any atom is 0.244 e. The van der Waals surface area contributed by atoms with Crippen molar-refractivity contribution in [2.45, 2.75) is 13.3 Å². The van der Waals surface area contributed by atoms with Crippen LogP contribution in [0.5, 0.6) is 0 Å². The van der Waals surface area contributed by atoms with E-state index in [0.29, 0.717) is 5.69 Å². The molecule has 0 fully saturated rings. The molecule has 136 valence electrons. The molecule has 0 saturated carbocycles. The Morgan fingerprint density at radius 1 is 1.00 bits per heavy atom. The van der Waals surface area contributed by atoms with Crippen molar-refractivity contribution in [1.82, 2.24) is 5.32 Å². The van der Waals surface area contributed by atoms with Gasteiger partial charge < -0.3 is 15.5 Å². The molecule has 0 radical (unpaired) electrons. The number of nitrogens with zero attached hydrogens (tertiary/aromatic N) is 1. The van der Waals surface area contributed by atoms with Crippen molar-refractivity contribution in [1.29, 1.82) is 0 Å². The lowest BCUT2D eigenvalue weighted by Gasteiger charge is -2.13. The van der Waals surface area contributed by atoms with Gasteiger partial charge in [-0.2, -0.15) is 0 Å². The van der Waals surface area contributed by atoms with Gasteiger partial charge in [0.2, 0.25) is 11.8 Å². The summed E-state index contributed by atoms with van der Waals surface area (Å²) in [6.45, 7) is 1.92. The van der Waals surface area contributed by atoms with Crippen LogP contribution in [0.3, 0.4) is 0 Å². The minimum absolute atomic E-state index is 0.0729. The van der Waals surface area contributed by atoms with Gasteiger partial charge in [-0.25, -0.2) is 0 Å². The van der Waals surface area contributed by atoms with Crippen molar-refractivity contribution < 1.29 is 9.59 Å². The fourth-order valence-electron chi connectivity index (χ4n) is 2.47. The Morgan fingerprint density at radius 3 is 2.23 bits per heavy atom. The Hall–Kier alpha value is -3.08. The van der Waals surface area contributed by atoms with Crippen LogP contribution in [0.25, 0.3) is 5.57 Å². The number of hydrogen-bond donors (Lipinski definition) is 2. The summed E-state index contributed by atoms with van der Waals surface area (Å²) in [7, 11) is 3.91. The van der Waals surface area contributed by atoms with Crippen LogP contribution in [0.2, 0.25) is 0 Å². The van der Waals surface area contributed by atoms with Gasteiger partial charge in [0, 0.05) is 31.5 Å².